The molecular weight excluding hydrogens is 326 g/mol. The lowest BCUT2D eigenvalue weighted by Crippen LogP contribution is -2.34. The van der Waals surface area contributed by atoms with Crippen molar-refractivity contribution in [2.24, 2.45) is 5.92 Å². The SMILES string of the molecule is Cc1nc(CC2CCN(c3ccc(Cl)cc3)CC2)nc([C]=O)c1O. The number of hydrogen-bond donors (Lipinski definition) is 1. The van der Waals surface area contributed by atoms with Crippen molar-refractivity contribution in [3.8, 4) is 5.75 Å². The molecule has 1 aromatic carbocycles. The van der Waals surface area contributed by atoms with Crippen LogP contribution < -0.4 is 4.90 Å². The molecule has 1 aromatic heterocycles. The first kappa shape index (κ1) is 16.7. The summed E-state index contributed by atoms with van der Waals surface area (Å²) in [5.41, 5.74) is 1.57. The second-order valence-electron chi connectivity index (χ2n) is 6.14. The molecule has 0 aliphatic carbocycles. The molecule has 1 saturated heterocycles. The van der Waals surface area contributed by atoms with E-state index in [2.05, 4.69) is 14.9 Å². The maximum Gasteiger partial charge on any atom is 0.257 e. The predicted molar refractivity (Wildman–Crippen MR) is 93.3 cm³/mol. The molecule has 0 unspecified atom stereocenters. The largest absolute Gasteiger partial charge is 0.504 e. The molecule has 1 aliphatic rings. The van der Waals surface area contributed by atoms with E-state index in [0.29, 0.717) is 23.9 Å². The molecule has 2 aromatic rings. The summed E-state index contributed by atoms with van der Waals surface area (Å²) in [5, 5.41) is 10.5. The van der Waals surface area contributed by atoms with E-state index in [0.717, 1.165) is 31.0 Å². The Labute approximate surface area is 146 Å². The highest BCUT2D eigenvalue weighted by Crippen LogP contribution is 2.27. The zero-order valence-corrected chi connectivity index (χ0v) is 14.3. The number of halogens is 1. The minimum Gasteiger partial charge on any atom is -0.504 e. The van der Waals surface area contributed by atoms with E-state index in [1.54, 1.807) is 13.2 Å². The van der Waals surface area contributed by atoms with E-state index in [1.807, 2.05) is 24.3 Å². The highest BCUT2D eigenvalue weighted by molar-refractivity contribution is 6.30. The number of benzene rings is 1. The maximum absolute atomic E-state index is 10.9. The number of carbonyl (C=O) groups excluding carboxylic acids is 1. The van der Waals surface area contributed by atoms with Gasteiger partial charge in [0.2, 0.25) is 0 Å². The lowest BCUT2D eigenvalue weighted by Gasteiger charge is -2.33. The van der Waals surface area contributed by atoms with Gasteiger partial charge < -0.3 is 10.0 Å². The Morgan fingerprint density at radius 1 is 1.25 bits per heavy atom. The first-order valence-corrected chi connectivity index (χ1v) is 8.39. The lowest BCUT2D eigenvalue weighted by molar-refractivity contribution is 0.394. The van der Waals surface area contributed by atoms with E-state index in [1.165, 1.54) is 5.69 Å². The molecule has 2 heterocycles. The summed E-state index contributed by atoms with van der Waals surface area (Å²) in [4.78, 5) is 21.6. The van der Waals surface area contributed by atoms with Gasteiger partial charge in [0.05, 0.1) is 5.69 Å². The van der Waals surface area contributed by atoms with Crippen molar-refractivity contribution >= 4 is 23.6 Å². The number of nitrogens with zero attached hydrogens (tertiary/aromatic N) is 3. The van der Waals surface area contributed by atoms with E-state index in [4.69, 9.17) is 11.6 Å². The molecule has 5 nitrogen and oxygen atoms in total. The van der Waals surface area contributed by atoms with Gasteiger partial charge >= 0.3 is 0 Å². The maximum atomic E-state index is 10.9. The van der Waals surface area contributed by atoms with Crippen molar-refractivity contribution < 1.29 is 9.90 Å². The van der Waals surface area contributed by atoms with Crippen LogP contribution in [0.2, 0.25) is 5.02 Å². The number of anilines is 1. The van der Waals surface area contributed by atoms with Crippen molar-refractivity contribution in [2.45, 2.75) is 26.2 Å². The van der Waals surface area contributed by atoms with Crippen LogP contribution in [0.25, 0.3) is 0 Å². The van der Waals surface area contributed by atoms with Crippen molar-refractivity contribution in [3.05, 3.63) is 46.5 Å². The summed E-state index contributed by atoms with van der Waals surface area (Å²) < 4.78 is 0. The minimum absolute atomic E-state index is 0.0453. The van der Waals surface area contributed by atoms with Crippen LogP contribution in [-0.2, 0) is 11.2 Å². The molecule has 125 valence electrons. The fourth-order valence-electron chi connectivity index (χ4n) is 3.09. The van der Waals surface area contributed by atoms with Gasteiger partial charge in [0, 0.05) is 30.2 Å². The normalized spacial score (nSPS) is 15.5. The molecule has 0 atom stereocenters. The first-order valence-electron chi connectivity index (χ1n) is 8.02. The zero-order valence-electron chi connectivity index (χ0n) is 13.5. The monoisotopic (exact) mass is 344 g/mol. The predicted octanol–water partition coefficient (Wildman–Crippen LogP) is 3.06. The van der Waals surface area contributed by atoms with Gasteiger partial charge in [0.1, 0.15) is 5.82 Å². The van der Waals surface area contributed by atoms with Gasteiger partial charge in [-0.2, -0.15) is 0 Å². The van der Waals surface area contributed by atoms with Crippen LogP contribution in [0.3, 0.4) is 0 Å². The highest BCUT2D eigenvalue weighted by atomic mass is 35.5. The van der Waals surface area contributed by atoms with Crippen LogP contribution in [0.5, 0.6) is 5.75 Å². The Bertz CT molecular complexity index is 726. The van der Waals surface area contributed by atoms with Gasteiger partial charge in [-0.15, -0.1) is 0 Å². The van der Waals surface area contributed by atoms with Crippen molar-refractivity contribution in [1.82, 2.24) is 9.97 Å². The Morgan fingerprint density at radius 3 is 2.54 bits per heavy atom. The molecule has 0 spiro atoms. The molecule has 1 fully saturated rings. The van der Waals surface area contributed by atoms with Gasteiger partial charge in [0.15, 0.2) is 11.4 Å². The number of hydrogen-bond acceptors (Lipinski definition) is 5. The standard InChI is InChI=1S/C18H19ClN3O2/c1-12-18(24)16(11-23)21-17(20-12)10-13-6-8-22(9-7-13)15-4-2-14(19)3-5-15/h2-5,13,24H,6-10H2,1H3. The first-order chi connectivity index (χ1) is 11.6. The fraction of sp³-hybridized carbons (Fsp3) is 0.389. The molecule has 3 rings (SSSR count). The average Bonchev–Trinajstić information content (AvgIpc) is 2.59. The van der Waals surface area contributed by atoms with E-state index in [-0.39, 0.29) is 11.4 Å². The number of piperidine rings is 1. The van der Waals surface area contributed by atoms with Crippen molar-refractivity contribution in [2.75, 3.05) is 18.0 Å². The van der Waals surface area contributed by atoms with Crippen LogP contribution in [0.15, 0.2) is 24.3 Å². The quantitative estimate of drug-likeness (QED) is 0.923. The van der Waals surface area contributed by atoms with Gasteiger partial charge in [-0.25, -0.2) is 9.97 Å². The van der Waals surface area contributed by atoms with Crippen molar-refractivity contribution in [1.29, 1.82) is 0 Å². The number of aromatic hydroxyl groups is 1. The summed E-state index contributed by atoms with van der Waals surface area (Å²) in [6, 6.07) is 7.91. The van der Waals surface area contributed by atoms with Gasteiger partial charge in [-0.3, -0.25) is 4.79 Å². The lowest BCUT2D eigenvalue weighted by atomic mass is 9.93. The zero-order chi connectivity index (χ0) is 17.1. The van der Waals surface area contributed by atoms with Crippen LogP contribution in [0.4, 0.5) is 5.69 Å². The van der Waals surface area contributed by atoms with Gasteiger partial charge in [0.25, 0.3) is 6.29 Å². The third kappa shape index (κ3) is 3.67. The number of rotatable bonds is 4. The van der Waals surface area contributed by atoms with Crippen molar-refractivity contribution in [3.63, 3.8) is 0 Å². The third-order valence-corrected chi connectivity index (χ3v) is 4.73. The second-order valence-corrected chi connectivity index (χ2v) is 6.57. The topological polar surface area (TPSA) is 66.3 Å². The van der Waals surface area contributed by atoms with Crippen LogP contribution >= 0.6 is 11.6 Å². The Hall–Kier alpha value is -2.14. The summed E-state index contributed by atoms with van der Waals surface area (Å²) >= 11 is 5.94. The average molecular weight is 345 g/mol. The summed E-state index contributed by atoms with van der Waals surface area (Å²) in [7, 11) is 0. The summed E-state index contributed by atoms with van der Waals surface area (Å²) in [6.07, 6.45) is 4.46. The third-order valence-electron chi connectivity index (χ3n) is 4.48. The fourth-order valence-corrected chi connectivity index (χ4v) is 3.22. The van der Waals surface area contributed by atoms with E-state index >= 15 is 0 Å². The molecule has 6 heteroatoms. The number of aromatic nitrogens is 2. The molecule has 0 bridgehead atoms. The molecule has 24 heavy (non-hydrogen) atoms. The van der Waals surface area contributed by atoms with E-state index in [9.17, 15) is 9.90 Å². The van der Waals surface area contributed by atoms with Gasteiger partial charge in [-0.1, -0.05) is 11.6 Å². The summed E-state index contributed by atoms with van der Waals surface area (Å²) in [5.74, 6) is 0.900. The molecule has 1 radical (unpaired) electrons. The molecule has 1 N–H and O–H groups in total. The Balaban J connectivity index is 1.62. The molecular formula is C18H19ClN3O2. The van der Waals surface area contributed by atoms with Crippen LogP contribution in [-0.4, -0.2) is 34.5 Å². The summed E-state index contributed by atoms with van der Waals surface area (Å²) in [6.45, 7) is 3.61. The second kappa shape index (κ2) is 7.18. The molecule has 1 aliphatic heterocycles. The van der Waals surface area contributed by atoms with E-state index < -0.39 is 0 Å². The number of aryl methyl sites for hydroxylation is 1. The van der Waals surface area contributed by atoms with Crippen LogP contribution in [0.1, 0.15) is 30.1 Å². The molecule has 0 saturated carbocycles. The Morgan fingerprint density at radius 2 is 1.92 bits per heavy atom. The minimum atomic E-state index is -0.175. The highest BCUT2D eigenvalue weighted by Gasteiger charge is 2.21. The Kier molecular flexibility index (Phi) is 5.00. The van der Waals surface area contributed by atoms with Gasteiger partial charge in [-0.05, 0) is 49.9 Å². The molecule has 0 amide bonds. The van der Waals surface area contributed by atoms with Crippen LogP contribution in [0, 0.1) is 12.8 Å². The smallest absolute Gasteiger partial charge is 0.257 e.